The predicted molar refractivity (Wildman–Crippen MR) is 88.2 cm³/mol. The van der Waals surface area contributed by atoms with Gasteiger partial charge in [-0.3, -0.25) is 0 Å². The maximum absolute atomic E-state index is 11.1. The molecule has 2 N–H and O–H groups in total. The van der Waals surface area contributed by atoms with Crippen molar-refractivity contribution in [3.8, 4) is 5.75 Å². The molecule has 2 rings (SSSR count). The minimum atomic E-state index is -0.724. The maximum atomic E-state index is 11.1. The van der Waals surface area contributed by atoms with E-state index in [0.29, 0.717) is 0 Å². The van der Waals surface area contributed by atoms with Gasteiger partial charge in [0.05, 0.1) is 5.60 Å². The van der Waals surface area contributed by atoms with E-state index in [1.807, 2.05) is 14.1 Å². The Kier molecular flexibility index (Phi) is 5.05. The number of rotatable bonds is 4. The molecule has 0 heterocycles. The highest BCUT2D eigenvalue weighted by Gasteiger charge is 2.39. The van der Waals surface area contributed by atoms with Gasteiger partial charge in [0, 0.05) is 12.5 Å². The summed E-state index contributed by atoms with van der Waals surface area (Å²) in [6.07, 6.45) is 4.86. The van der Waals surface area contributed by atoms with Crippen LogP contribution in [0.15, 0.2) is 12.1 Å². The first-order chi connectivity index (χ1) is 9.83. The van der Waals surface area contributed by atoms with Crippen LogP contribution in [0.4, 0.5) is 0 Å². The van der Waals surface area contributed by atoms with Crippen LogP contribution in [0, 0.1) is 0 Å². The number of likely N-dealkylation sites (N-methyl/N-ethyl adjacent to an activating group) is 1. The molecular formula is C16H23B2NO2. The summed E-state index contributed by atoms with van der Waals surface area (Å²) in [5.74, 6) is -0.129. The van der Waals surface area contributed by atoms with E-state index in [1.165, 1.54) is 6.42 Å². The molecule has 5 heteroatoms. The normalized spacial score (nSPS) is 19.6. The van der Waals surface area contributed by atoms with Crippen LogP contribution in [0.25, 0.3) is 0 Å². The summed E-state index contributed by atoms with van der Waals surface area (Å²) < 4.78 is 0. The quantitative estimate of drug-likeness (QED) is 0.782. The zero-order valence-corrected chi connectivity index (χ0v) is 13.0. The number of aliphatic hydroxyl groups is 1. The highest BCUT2D eigenvalue weighted by molar-refractivity contribution is 6.41. The Labute approximate surface area is 130 Å². The summed E-state index contributed by atoms with van der Waals surface area (Å²) in [4.78, 5) is 2.07. The van der Waals surface area contributed by atoms with Crippen LogP contribution in [-0.4, -0.2) is 57.0 Å². The van der Waals surface area contributed by atoms with Crippen LogP contribution in [0.5, 0.6) is 5.75 Å². The Morgan fingerprint density at radius 2 is 1.67 bits per heavy atom. The Hall–Kier alpha value is -0.930. The van der Waals surface area contributed by atoms with Crippen LogP contribution in [-0.2, 0) is 0 Å². The van der Waals surface area contributed by atoms with Gasteiger partial charge in [-0.2, -0.15) is 0 Å². The number of nitrogens with zero attached hydrogens (tertiary/aromatic N) is 1. The summed E-state index contributed by atoms with van der Waals surface area (Å²) in [5.41, 5.74) is 0.723. The van der Waals surface area contributed by atoms with Gasteiger partial charge in [-0.15, -0.1) is 0 Å². The second-order valence-electron chi connectivity index (χ2n) is 6.53. The molecule has 110 valence electrons. The van der Waals surface area contributed by atoms with Crippen LogP contribution in [0.2, 0.25) is 0 Å². The van der Waals surface area contributed by atoms with Gasteiger partial charge < -0.3 is 15.1 Å². The fourth-order valence-corrected chi connectivity index (χ4v) is 3.37. The fourth-order valence-electron chi connectivity index (χ4n) is 3.37. The molecule has 21 heavy (non-hydrogen) atoms. The van der Waals surface area contributed by atoms with Gasteiger partial charge >= 0.3 is 0 Å². The van der Waals surface area contributed by atoms with E-state index in [4.69, 9.17) is 15.7 Å². The third-order valence-electron chi connectivity index (χ3n) is 4.51. The second-order valence-corrected chi connectivity index (χ2v) is 6.53. The molecule has 0 saturated heterocycles. The van der Waals surface area contributed by atoms with Gasteiger partial charge in [-0.1, -0.05) is 42.3 Å². The van der Waals surface area contributed by atoms with E-state index >= 15 is 0 Å². The number of phenols is 1. The van der Waals surface area contributed by atoms with Crippen LogP contribution in [0.1, 0.15) is 43.6 Å². The predicted octanol–water partition coefficient (Wildman–Crippen LogP) is 0.320. The molecule has 0 aliphatic heterocycles. The van der Waals surface area contributed by atoms with Crippen molar-refractivity contribution in [1.29, 1.82) is 0 Å². The van der Waals surface area contributed by atoms with Crippen molar-refractivity contribution in [2.45, 2.75) is 43.6 Å². The van der Waals surface area contributed by atoms with Gasteiger partial charge in [0.25, 0.3) is 0 Å². The maximum Gasteiger partial charge on any atom is 0.118 e. The monoisotopic (exact) mass is 283 g/mol. The van der Waals surface area contributed by atoms with Crippen molar-refractivity contribution in [1.82, 2.24) is 4.90 Å². The lowest BCUT2D eigenvalue weighted by molar-refractivity contribution is -0.0277. The molecule has 1 fully saturated rings. The minimum Gasteiger partial charge on any atom is -0.509 e. The highest BCUT2D eigenvalue weighted by Crippen LogP contribution is 2.40. The Morgan fingerprint density at radius 3 is 2.14 bits per heavy atom. The molecule has 0 aromatic heterocycles. The van der Waals surface area contributed by atoms with E-state index in [9.17, 15) is 10.2 Å². The van der Waals surface area contributed by atoms with Gasteiger partial charge in [-0.25, -0.2) is 0 Å². The number of aromatic hydroxyl groups is 1. The lowest BCUT2D eigenvalue weighted by atomic mass is 9.70. The molecule has 0 bridgehead atoms. The molecule has 1 atom stereocenters. The SMILES string of the molecule is [B]c1cc(C(CN(C)C)C2(O)CCCCC2)cc([B])c1O. The number of hydrogen-bond donors (Lipinski definition) is 2. The third kappa shape index (κ3) is 3.64. The number of benzene rings is 1. The van der Waals surface area contributed by atoms with E-state index in [1.54, 1.807) is 12.1 Å². The standard InChI is InChI=1S/C16H23B2NO2/c1-19(2)10-12(16(21)6-4-3-5-7-16)11-8-13(17)15(20)14(18)9-11/h8-9,12,20-21H,3-7,10H2,1-2H3. The van der Waals surface area contributed by atoms with Crippen molar-refractivity contribution in [2.24, 2.45) is 0 Å². The molecule has 3 nitrogen and oxygen atoms in total. The van der Waals surface area contributed by atoms with Crippen molar-refractivity contribution < 1.29 is 10.2 Å². The van der Waals surface area contributed by atoms with Crippen LogP contribution >= 0.6 is 0 Å². The lowest BCUT2D eigenvalue weighted by Gasteiger charge is -2.41. The molecule has 1 aromatic carbocycles. The van der Waals surface area contributed by atoms with E-state index in [2.05, 4.69) is 4.90 Å². The summed E-state index contributed by atoms with van der Waals surface area (Å²) in [6.45, 7) is 0.722. The first-order valence-electron chi connectivity index (χ1n) is 7.58. The zero-order chi connectivity index (χ0) is 15.6. The smallest absolute Gasteiger partial charge is 0.118 e. The van der Waals surface area contributed by atoms with Gasteiger partial charge in [-0.05, 0) is 32.5 Å². The average molecular weight is 283 g/mol. The summed E-state index contributed by atoms with van der Waals surface area (Å²) in [5, 5.41) is 20.9. The van der Waals surface area contributed by atoms with E-state index in [0.717, 1.165) is 37.8 Å². The first-order valence-corrected chi connectivity index (χ1v) is 7.58. The van der Waals surface area contributed by atoms with E-state index < -0.39 is 5.60 Å². The highest BCUT2D eigenvalue weighted by atomic mass is 16.3. The van der Waals surface area contributed by atoms with Crippen LogP contribution < -0.4 is 10.9 Å². The molecule has 4 radical (unpaired) electrons. The zero-order valence-electron chi connectivity index (χ0n) is 13.0. The molecule has 1 unspecified atom stereocenters. The van der Waals surface area contributed by atoms with Crippen molar-refractivity contribution in [3.05, 3.63) is 17.7 Å². The lowest BCUT2D eigenvalue weighted by Crippen LogP contribution is -2.43. The topological polar surface area (TPSA) is 43.7 Å². The Balaban J connectivity index is 2.40. The molecule has 1 aliphatic carbocycles. The number of phenolic OH excluding ortho intramolecular Hbond substituents is 1. The molecule has 1 saturated carbocycles. The van der Waals surface area contributed by atoms with Gasteiger partial charge in [0.2, 0.25) is 0 Å². The van der Waals surface area contributed by atoms with Crippen LogP contribution in [0.3, 0.4) is 0 Å². The molecule has 0 amide bonds. The Morgan fingerprint density at radius 1 is 1.14 bits per heavy atom. The molecular weight excluding hydrogens is 260 g/mol. The minimum absolute atomic E-state index is 0.0574. The summed E-state index contributed by atoms with van der Waals surface area (Å²) in [7, 11) is 15.7. The second kappa shape index (κ2) is 6.45. The van der Waals surface area contributed by atoms with Crippen molar-refractivity contribution in [2.75, 3.05) is 20.6 Å². The summed E-state index contributed by atoms with van der Waals surface area (Å²) >= 11 is 0. The molecule has 0 spiro atoms. The van der Waals surface area contributed by atoms with Crippen molar-refractivity contribution in [3.63, 3.8) is 0 Å². The first kappa shape index (κ1) is 16.4. The average Bonchev–Trinajstić information content (AvgIpc) is 2.42. The number of hydrogen-bond acceptors (Lipinski definition) is 3. The van der Waals surface area contributed by atoms with Gasteiger partial charge in [0.15, 0.2) is 0 Å². The largest absolute Gasteiger partial charge is 0.509 e. The molecule has 1 aliphatic rings. The molecule has 1 aromatic rings. The summed E-state index contributed by atoms with van der Waals surface area (Å²) in [6, 6.07) is 3.48. The van der Waals surface area contributed by atoms with E-state index in [-0.39, 0.29) is 22.6 Å². The Bertz CT molecular complexity index is 476. The van der Waals surface area contributed by atoms with Crippen molar-refractivity contribution >= 4 is 26.6 Å². The third-order valence-corrected chi connectivity index (χ3v) is 4.51. The van der Waals surface area contributed by atoms with Gasteiger partial charge in [0.1, 0.15) is 21.4 Å². The fraction of sp³-hybridized carbons (Fsp3) is 0.625.